The summed E-state index contributed by atoms with van der Waals surface area (Å²) in [5.74, 6) is 0.629. The van der Waals surface area contributed by atoms with Crippen LogP contribution in [0.1, 0.15) is 40.0 Å². The first-order chi connectivity index (χ1) is 7.95. The van der Waals surface area contributed by atoms with E-state index < -0.39 is 5.41 Å². The molecule has 2 aliphatic rings. The van der Waals surface area contributed by atoms with Crippen molar-refractivity contribution in [1.29, 1.82) is 0 Å². The van der Waals surface area contributed by atoms with E-state index in [-0.39, 0.29) is 18.3 Å². The van der Waals surface area contributed by atoms with Gasteiger partial charge in [-0.15, -0.1) is 0 Å². The van der Waals surface area contributed by atoms with Crippen molar-refractivity contribution >= 4 is 5.97 Å². The van der Waals surface area contributed by atoms with Crippen LogP contribution in [0.2, 0.25) is 0 Å². The molecule has 4 heteroatoms. The number of rotatable bonds is 4. The molecule has 2 atom stereocenters. The molecule has 0 aromatic heterocycles. The highest BCUT2D eigenvalue weighted by Gasteiger charge is 2.32. The Morgan fingerprint density at radius 1 is 1.35 bits per heavy atom. The summed E-state index contributed by atoms with van der Waals surface area (Å²) >= 11 is 0. The molecule has 2 fully saturated rings. The lowest BCUT2D eigenvalue weighted by molar-refractivity contribution is -0.159. The van der Waals surface area contributed by atoms with Gasteiger partial charge in [0, 0.05) is 19.6 Å². The highest BCUT2D eigenvalue weighted by atomic mass is 16.6. The Bertz CT molecular complexity index is 281. The number of ether oxygens (including phenoxy) is 2. The fourth-order valence-electron chi connectivity index (χ4n) is 1.75. The van der Waals surface area contributed by atoms with Gasteiger partial charge in [-0.3, -0.25) is 10.1 Å². The molecule has 0 spiro atoms. The molecular formula is C13H23NO3. The highest BCUT2D eigenvalue weighted by molar-refractivity contribution is 5.75. The average Bonchev–Trinajstić information content (AvgIpc) is 2.95. The minimum Gasteiger partial charge on any atom is -0.446 e. The molecule has 1 heterocycles. The highest BCUT2D eigenvalue weighted by Crippen LogP contribution is 2.30. The largest absolute Gasteiger partial charge is 0.446 e. The lowest BCUT2D eigenvalue weighted by Crippen LogP contribution is -2.33. The van der Waals surface area contributed by atoms with Gasteiger partial charge in [0.2, 0.25) is 0 Å². The molecule has 98 valence electrons. The molecule has 0 aromatic carbocycles. The zero-order valence-electron chi connectivity index (χ0n) is 11.0. The van der Waals surface area contributed by atoms with Gasteiger partial charge in [0.25, 0.3) is 0 Å². The standard InChI is InChI=1S/C13H23NO3/c1-13(2,3)12(15)17-11-6-10(7-14-11)16-8-9-4-5-9/h9-11,14H,4-8H2,1-3H3/t10-,11?/m1/s1. The van der Waals surface area contributed by atoms with Crippen LogP contribution in [-0.4, -0.2) is 31.5 Å². The summed E-state index contributed by atoms with van der Waals surface area (Å²) < 4.78 is 11.2. The zero-order chi connectivity index (χ0) is 12.5. The Morgan fingerprint density at radius 3 is 2.65 bits per heavy atom. The van der Waals surface area contributed by atoms with Crippen molar-refractivity contribution < 1.29 is 14.3 Å². The lowest BCUT2D eigenvalue weighted by atomic mass is 9.97. The third kappa shape index (κ3) is 3.96. The van der Waals surface area contributed by atoms with Gasteiger partial charge < -0.3 is 9.47 Å². The second-order valence-electron chi connectivity index (χ2n) is 6.19. The van der Waals surface area contributed by atoms with E-state index in [1.54, 1.807) is 0 Å². The molecule has 1 N–H and O–H groups in total. The van der Waals surface area contributed by atoms with E-state index >= 15 is 0 Å². The smallest absolute Gasteiger partial charge is 0.312 e. The van der Waals surface area contributed by atoms with E-state index in [4.69, 9.17) is 9.47 Å². The van der Waals surface area contributed by atoms with Gasteiger partial charge in [-0.25, -0.2) is 0 Å². The minimum atomic E-state index is -0.436. The van der Waals surface area contributed by atoms with E-state index in [1.165, 1.54) is 12.8 Å². The second kappa shape index (κ2) is 4.94. The van der Waals surface area contributed by atoms with E-state index in [0.29, 0.717) is 0 Å². The van der Waals surface area contributed by atoms with E-state index in [1.807, 2.05) is 20.8 Å². The summed E-state index contributed by atoms with van der Waals surface area (Å²) in [7, 11) is 0. The number of hydrogen-bond acceptors (Lipinski definition) is 4. The Balaban J connectivity index is 1.68. The summed E-state index contributed by atoms with van der Waals surface area (Å²) in [5, 5.41) is 3.19. The maximum Gasteiger partial charge on any atom is 0.312 e. The van der Waals surface area contributed by atoms with Gasteiger partial charge in [-0.05, 0) is 39.5 Å². The molecule has 1 aliphatic carbocycles. The molecular weight excluding hydrogens is 218 g/mol. The van der Waals surface area contributed by atoms with Crippen LogP contribution in [0.4, 0.5) is 0 Å². The first-order valence-corrected chi connectivity index (χ1v) is 6.51. The third-order valence-corrected chi connectivity index (χ3v) is 3.18. The molecule has 17 heavy (non-hydrogen) atoms. The number of carbonyl (C=O) groups is 1. The molecule has 0 bridgehead atoms. The molecule has 1 aliphatic heterocycles. The SMILES string of the molecule is CC(C)(C)C(=O)OC1C[C@@H](OCC2CC2)CN1. The number of esters is 1. The summed E-state index contributed by atoms with van der Waals surface area (Å²) in [5.41, 5.74) is -0.436. The van der Waals surface area contributed by atoms with Crippen LogP contribution in [-0.2, 0) is 14.3 Å². The van der Waals surface area contributed by atoms with Gasteiger partial charge in [0.1, 0.15) is 0 Å². The maximum absolute atomic E-state index is 11.7. The Morgan fingerprint density at radius 2 is 2.06 bits per heavy atom. The van der Waals surface area contributed by atoms with Crippen LogP contribution in [0.25, 0.3) is 0 Å². The van der Waals surface area contributed by atoms with E-state index in [9.17, 15) is 4.79 Å². The van der Waals surface area contributed by atoms with Crippen LogP contribution in [0.3, 0.4) is 0 Å². The van der Waals surface area contributed by atoms with Crippen molar-refractivity contribution in [3.8, 4) is 0 Å². The number of nitrogens with one attached hydrogen (secondary N) is 1. The number of carbonyl (C=O) groups excluding carboxylic acids is 1. The second-order valence-corrected chi connectivity index (χ2v) is 6.19. The summed E-state index contributed by atoms with van der Waals surface area (Å²) in [6.45, 7) is 7.25. The molecule has 0 radical (unpaired) electrons. The Labute approximate surface area is 103 Å². The van der Waals surface area contributed by atoms with Crippen molar-refractivity contribution in [2.45, 2.75) is 52.4 Å². The van der Waals surface area contributed by atoms with Crippen LogP contribution >= 0.6 is 0 Å². The van der Waals surface area contributed by atoms with Crippen LogP contribution in [0.5, 0.6) is 0 Å². The topological polar surface area (TPSA) is 47.6 Å². The summed E-state index contributed by atoms with van der Waals surface area (Å²) in [4.78, 5) is 11.7. The van der Waals surface area contributed by atoms with Crippen molar-refractivity contribution in [3.05, 3.63) is 0 Å². The minimum absolute atomic E-state index is 0.155. The van der Waals surface area contributed by atoms with Gasteiger partial charge in [0.15, 0.2) is 6.23 Å². The predicted octanol–water partition coefficient (Wildman–Crippen LogP) is 1.69. The van der Waals surface area contributed by atoms with Crippen molar-refractivity contribution in [3.63, 3.8) is 0 Å². The Kier molecular flexibility index (Phi) is 3.73. The van der Waals surface area contributed by atoms with Crippen LogP contribution < -0.4 is 5.32 Å². The maximum atomic E-state index is 11.7. The van der Waals surface area contributed by atoms with Gasteiger partial charge >= 0.3 is 5.97 Å². The van der Waals surface area contributed by atoms with Crippen LogP contribution in [0, 0.1) is 11.3 Å². The first kappa shape index (κ1) is 12.8. The normalized spacial score (nSPS) is 29.4. The first-order valence-electron chi connectivity index (χ1n) is 6.51. The van der Waals surface area contributed by atoms with E-state index in [2.05, 4.69) is 5.32 Å². The molecule has 1 unspecified atom stereocenters. The van der Waals surface area contributed by atoms with Gasteiger partial charge in [-0.2, -0.15) is 0 Å². The summed E-state index contributed by atoms with van der Waals surface area (Å²) in [6, 6.07) is 0. The zero-order valence-corrected chi connectivity index (χ0v) is 11.0. The predicted molar refractivity (Wildman–Crippen MR) is 64.4 cm³/mol. The van der Waals surface area contributed by atoms with Gasteiger partial charge in [-0.1, -0.05) is 0 Å². The fourth-order valence-corrected chi connectivity index (χ4v) is 1.75. The monoisotopic (exact) mass is 241 g/mol. The van der Waals surface area contributed by atoms with Gasteiger partial charge in [0.05, 0.1) is 11.5 Å². The molecule has 1 saturated heterocycles. The van der Waals surface area contributed by atoms with Crippen molar-refractivity contribution in [2.24, 2.45) is 11.3 Å². The molecule has 0 amide bonds. The average molecular weight is 241 g/mol. The fraction of sp³-hybridized carbons (Fsp3) is 0.923. The molecule has 2 rings (SSSR count). The Hall–Kier alpha value is -0.610. The number of hydrogen-bond donors (Lipinski definition) is 1. The summed E-state index contributed by atoms with van der Waals surface area (Å²) in [6.07, 6.45) is 3.42. The van der Waals surface area contributed by atoms with Crippen molar-refractivity contribution in [2.75, 3.05) is 13.2 Å². The van der Waals surface area contributed by atoms with E-state index in [0.717, 1.165) is 25.5 Å². The quantitative estimate of drug-likeness (QED) is 0.761. The third-order valence-electron chi connectivity index (χ3n) is 3.18. The molecule has 4 nitrogen and oxygen atoms in total. The molecule has 0 aromatic rings. The lowest BCUT2D eigenvalue weighted by Gasteiger charge is -2.20. The molecule has 1 saturated carbocycles. The van der Waals surface area contributed by atoms with Crippen molar-refractivity contribution in [1.82, 2.24) is 5.32 Å². The van der Waals surface area contributed by atoms with Crippen LogP contribution in [0.15, 0.2) is 0 Å².